The summed E-state index contributed by atoms with van der Waals surface area (Å²) in [5.41, 5.74) is 1.33. The summed E-state index contributed by atoms with van der Waals surface area (Å²) < 4.78 is 28.8. The number of rotatable bonds is 10. The van der Waals surface area contributed by atoms with Crippen LogP contribution in [-0.2, 0) is 16.2 Å². The third kappa shape index (κ3) is 7.66. The van der Waals surface area contributed by atoms with E-state index in [9.17, 15) is 9.18 Å². The maximum Gasteiger partial charge on any atom is 0.411 e. The van der Waals surface area contributed by atoms with E-state index in [1.807, 2.05) is 39.2 Å². The SMILES string of the molecule is Cc1nc(C(OC(=O)N(C(C)C)C(C)C)c2ccc(F)c(Cl)c2)n(COCC[Si](C)(C)C)c1I. The predicted molar refractivity (Wildman–Crippen MR) is 146 cm³/mol. The molecule has 0 N–H and O–H groups in total. The Hall–Kier alpha value is -1.17. The topological polar surface area (TPSA) is 56.6 Å². The van der Waals surface area contributed by atoms with Crippen molar-refractivity contribution in [3.8, 4) is 0 Å². The molecule has 0 spiro atoms. The monoisotopic (exact) mass is 623 g/mol. The number of hydrogen-bond acceptors (Lipinski definition) is 4. The third-order valence-corrected chi connectivity index (χ3v) is 8.69. The molecule has 34 heavy (non-hydrogen) atoms. The summed E-state index contributed by atoms with van der Waals surface area (Å²) >= 11 is 8.31. The van der Waals surface area contributed by atoms with Crippen LogP contribution in [0.15, 0.2) is 18.2 Å². The van der Waals surface area contributed by atoms with Crippen molar-refractivity contribution >= 4 is 48.4 Å². The molecule has 190 valence electrons. The van der Waals surface area contributed by atoms with Gasteiger partial charge < -0.3 is 14.4 Å². The van der Waals surface area contributed by atoms with E-state index in [0.29, 0.717) is 18.0 Å². The molecule has 10 heteroatoms. The van der Waals surface area contributed by atoms with Crippen LogP contribution in [0.3, 0.4) is 0 Å². The number of amides is 1. The highest BCUT2D eigenvalue weighted by Crippen LogP contribution is 2.32. The highest BCUT2D eigenvalue weighted by molar-refractivity contribution is 14.1. The minimum absolute atomic E-state index is 0.0426. The van der Waals surface area contributed by atoms with Crippen molar-refractivity contribution in [3.05, 3.63) is 49.8 Å². The summed E-state index contributed by atoms with van der Waals surface area (Å²) in [5, 5.41) is -0.0426. The number of carbonyl (C=O) groups excluding carboxylic acids is 1. The number of aromatic nitrogens is 2. The van der Waals surface area contributed by atoms with Gasteiger partial charge in [-0.25, -0.2) is 14.2 Å². The first-order chi connectivity index (χ1) is 15.7. The quantitative estimate of drug-likeness (QED) is 0.159. The van der Waals surface area contributed by atoms with Gasteiger partial charge in [0.2, 0.25) is 0 Å². The maximum atomic E-state index is 13.9. The number of hydrogen-bond donors (Lipinski definition) is 0. The van der Waals surface area contributed by atoms with E-state index >= 15 is 0 Å². The molecule has 6 nitrogen and oxygen atoms in total. The summed E-state index contributed by atoms with van der Waals surface area (Å²) in [5.74, 6) is -0.0244. The van der Waals surface area contributed by atoms with Gasteiger partial charge in [-0.1, -0.05) is 37.3 Å². The fourth-order valence-electron chi connectivity index (χ4n) is 3.56. The summed E-state index contributed by atoms with van der Waals surface area (Å²) in [7, 11) is -1.24. The second kappa shape index (κ2) is 12.2. The lowest BCUT2D eigenvalue weighted by Crippen LogP contribution is -2.43. The molecule has 1 aromatic carbocycles. The van der Waals surface area contributed by atoms with E-state index < -0.39 is 26.1 Å². The van der Waals surface area contributed by atoms with Crippen molar-refractivity contribution in [3.63, 3.8) is 0 Å². The van der Waals surface area contributed by atoms with Crippen molar-refractivity contribution in [1.29, 1.82) is 0 Å². The summed E-state index contributed by atoms with van der Waals surface area (Å²) in [6.45, 7) is 17.5. The van der Waals surface area contributed by atoms with Crippen LogP contribution in [-0.4, -0.2) is 47.3 Å². The van der Waals surface area contributed by atoms with Crippen LogP contribution in [0.25, 0.3) is 0 Å². The molecular formula is C24H36ClFIN3O3Si. The van der Waals surface area contributed by atoms with Gasteiger partial charge in [-0.3, -0.25) is 4.57 Å². The highest BCUT2D eigenvalue weighted by Gasteiger charge is 2.31. The lowest BCUT2D eigenvalue weighted by molar-refractivity contribution is 0.0454. The number of halogens is 3. The standard InChI is InChI=1S/C24H36ClFIN3O3Si/c1-15(2)30(16(3)4)24(31)33-21(18-9-10-20(26)19(25)13-18)23-28-17(5)22(27)29(23)14-32-11-12-34(6,7)8/h9-10,13,15-16,21H,11-12,14H2,1-8H3. The predicted octanol–water partition coefficient (Wildman–Crippen LogP) is 7.25. The maximum absolute atomic E-state index is 13.9. The minimum atomic E-state index is -1.24. The molecule has 0 aliphatic carbocycles. The lowest BCUT2D eigenvalue weighted by Gasteiger charge is -2.31. The Morgan fingerprint density at radius 1 is 1.24 bits per heavy atom. The number of benzene rings is 1. The number of aryl methyl sites for hydroxylation is 1. The van der Waals surface area contributed by atoms with Gasteiger partial charge in [0.05, 0.1) is 10.7 Å². The van der Waals surface area contributed by atoms with Crippen molar-refractivity contribution in [1.82, 2.24) is 14.5 Å². The normalized spacial score (nSPS) is 13.0. The van der Waals surface area contributed by atoms with Crippen molar-refractivity contribution in [2.24, 2.45) is 0 Å². The molecule has 1 aromatic heterocycles. The zero-order valence-electron chi connectivity index (χ0n) is 21.3. The van der Waals surface area contributed by atoms with Gasteiger partial charge in [0, 0.05) is 32.3 Å². The molecule has 0 aliphatic rings. The fraction of sp³-hybridized carbons (Fsp3) is 0.583. The Kier molecular flexibility index (Phi) is 10.4. The van der Waals surface area contributed by atoms with E-state index in [4.69, 9.17) is 26.1 Å². The molecular weight excluding hydrogens is 588 g/mol. The van der Waals surface area contributed by atoms with Gasteiger partial charge in [0.1, 0.15) is 16.2 Å². The largest absolute Gasteiger partial charge is 0.433 e. The van der Waals surface area contributed by atoms with Gasteiger partial charge in [-0.2, -0.15) is 0 Å². The van der Waals surface area contributed by atoms with E-state index in [2.05, 4.69) is 42.2 Å². The van der Waals surface area contributed by atoms with Crippen LogP contribution in [0.1, 0.15) is 50.9 Å². The third-order valence-electron chi connectivity index (χ3n) is 5.33. The van der Waals surface area contributed by atoms with Crippen LogP contribution < -0.4 is 0 Å². The van der Waals surface area contributed by atoms with Crippen molar-refractivity contribution in [2.75, 3.05) is 6.61 Å². The molecule has 1 heterocycles. The Bertz CT molecular complexity index is 987. The van der Waals surface area contributed by atoms with Gasteiger partial charge in [-0.05, 0) is 75.4 Å². The number of imidazole rings is 1. The van der Waals surface area contributed by atoms with Crippen molar-refractivity contribution < 1.29 is 18.7 Å². The zero-order chi connectivity index (χ0) is 25.8. The van der Waals surface area contributed by atoms with E-state index in [1.54, 1.807) is 11.0 Å². The van der Waals surface area contributed by atoms with E-state index in [-0.39, 0.29) is 23.8 Å². The molecule has 0 radical (unpaired) electrons. The molecule has 1 atom stereocenters. The number of carbonyl (C=O) groups is 1. The first-order valence-corrected chi connectivity index (χ1v) is 16.6. The molecule has 0 fully saturated rings. The molecule has 1 amide bonds. The van der Waals surface area contributed by atoms with Gasteiger partial charge in [0.15, 0.2) is 11.9 Å². The first-order valence-electron chi connectivity index (χ1n) is 11.5. The van der Waals surface area contributed by atoms with Crippen molar-refractivity contribution in [2.45, 2.75) is 85.2 Å². The number of ether oxygens (including phenoxy) is 2. The summed E-state index contributed by atoms with van der Waals surface area (Å²) in [4.78, 5) is 19.6. The molecule has 0 bridgehead atoms. The van der Waals surface area contributed by atoms with Gasteiger partial charge in [0.25, 0.3) is 0 Å². The van der Waals surface area contributed by atoms with Crippen LogP contribution in [0.2, 0.25) is 30.7 Å². The molecule has 1 unspecified atom stereocenters. The van der Waals surface area contributed by atoms with Crippen LogP contribution >= 0.6 is 34.2 Å². The summed E-state index contributed by atoms with van der Waals surface area (Å²) in [6.07, 6.45) is -1.36. The van der Waals surface area contributed by atoms with Crippen LogP contribution in [0.4, 0.5) is 9.18 Å². The molecule has 2 aromatic rings. The van der Waals surface area contributed by atoms with Crippen LogP contribution in [0.5, 0.6) is 0 Å². The lowest BCUT2D eigenvalue weighted by atomic mass is 10.1. The Labute approximate surface area is 222 Å². The zero-order valence-corrected chi connectivity index (χ0v) is 25.2. The molecule has 0 aliphatic heterocycles. The Balaban J connectivity index is 2.47. The second-order valence-electron chi connectivity index (χ2n) is 10.2. The second-order valence-corrected chi connectivity index (χ2v) is 17.2. The smallest absolute Gasteiger partial charge is 0.411 e. The minimum Gasteiger partial charge on any atom is -0.433 e. The average molecular weight is 624 g/mol. The molecule has 0 saturated carbocycles. The fourth-order valence-corrected chi connectivity index (χ4v) is 5.01. The van der Waals surface area contributed by atoms with E-state index in [0.717, 1.165) is 15.4 Å². The van der Waals surface area contributed by atoms with Gasteiger partial charge in [-0.15, -0.1) is 0 Å². The molecule has 2 rings (SSSR count). The average Bonchev–Trinajstić information content (AvgIpc) is 2.98. The van der Waals surface area contributed by atoms with Crippen LogP contribution in [0, 0.1) is 16.4 Å². The molecule has 0 saturated heterocycles. The first kappa shape index (κ1) is 29.1. The number of nitrogens with zero attached hydrogens (tertiary/aromatic N) is 3. The van der Waals surface area contributed by atoms with E-state index in [1.165, 1.54) is 12.1 Å². The Morgan fingerprint density at radius 2 is 1.85 bits per heavy atom. The highest BCUT2D eigenvalue weighted by atomic mass is 127. The Morgan fingerprint density at radius 3 is 2.38 bits per heavy atom. The summed E-state index contributed by atoms with van der Waals surface area (Å²) in [6, 6.07) is 5.25. The van der Waals surface area contributed by atoms with Gasteiger partial charge >= 0.3 is 6.09 Å².